The van der Waals surface area contributed by atoms with E-state index in [2.05, 4.69) is 27.2 Å². The van der Waals surface area contributed by atoms with Gasteiger partial charge in [-0.3, -0.25) is 19.5 Å². The fourth-order valence-electron chi connectivity index (χ4n) is 3.93. The largest absolute Gasteiger partial charge is 0.496 e. The lowest BCUT2D eigenvalue weighted by Crippen LogP contribution is -2.34. The molecule has 0 amide bonds. The summed E-state index contributed by atoms with van der Waals surface area (Å²) in [5.74, 6) is 1.20. The van der Waals surface area contributed by atoms with Crippen molar-refractivity contribution < 1.29 is 4.74 Å². The number of nitrogens with zero attached hydrogens (tertiary/aromatic N) is 5. The zero-order valence-corrected chi connectivity index (χ0v) is 15.9. The standard InChI is InChI=1S/C21H25N5O/c1-25-13-16(12-24-25)14-26-11-5-6-17(15-26)20-21(23-10-9-22-20)18-7-3-4-8-19(18)27-2/h3-4,7-10,12-13,17H,5-6,11,14-15H2,1-2H3/t17-/m1/s1. The highest BCUT2D eigenvalue weighted by molar-refractivity contribution is 5.69. The Morgan fingerprint density at radius 3 is 2.85 bits per heavy atom. The van der Waals surface area contributed by atoms with Gasteiger partial charge in [-0.2, -0.15) is 5.10 Å². The van der Waals surface area contributed by atoms with Crippen molar-refractivity contribution in [3.63, 3.8) is 0 Å². The zero-order valence-electron chi connectivity index (χ0n) is 15.9. The summed E-state index contributed by atoms with van der Waals surface area (Å²) >= 11 is 0. The van der Waals surface area contributed by atoms with E-state index in [4.69, 9.17) is 9.72 Å². The maximum Gasteiger partial charge on any atom is 0.128 e. The third-order valence-corrected chi connectivity index (χ3v) is 5.15. The van der Waals surface area contributed by atoms with Crippen LogP contribution in [0.2, 0.25) is 0 Å². The van der Waals surface area contributed by atoms with Crippen molar-refractivity contribution >= 4 is 0 Å². The van der Waals surface area contributed by atoms with E-state index < -0.39 is 0 Å². The number of methoxy groups -OCH3 is 1. The molecule has 1 aliphatic rings. The average Bonchev–Trinajstić information content (AvgIpc) is 3.12. The highest BCUT2D eigenvalue weighted by Crippen LogP contribution is 2.35. The Kier molecular flexibility index (Phi) is 5.16. The maximum atomic E-state index is 5.56. The summed E-state index contributed by atoms with van der Waals surface area (Å²) in [5.41, 5.74) is 4.26. The van der Waals surface area contributed by atoms with Gasteiger partial charge < -0.3 is 4.74 Å². The molecule has 0 aliphatic carbocycles. The second-order valence-electron chi connectivity index (χ2n) is 7.09. The molecule has 2 aromatic heterocycles. The monoisotopic (exact) mass is 363 g/mol. The first-order valence-corrected chi connectivity index (χ1v) is 9.39. The molecule has 0 bridgehead atoms. The van der Waals surface area contributed by atoms with Crippen LogP contribution >= 0.6 is 0 Å². The van der Waals surface area contributed by atoms with Crippen LogP contribution in [-0.2, 0) is 13.6 Å². The zero-order chi connectivity index (χ0) is 18.6. The Balaban J connectivity index is 1.60. The number of aromatic nitrogens is 4. The van der Waals surface area contributed by atoms with Crippen LogP contribution < -0.4 is 4.74 Å². The van der Waals surface area contributed by atoms with Gasteiger partial charge in [0.15, 0.2) is 0 Å². The smallest absolute Gasteiger partial charge is 0.128 e. The van der Waals surface area contributed by atoms with Crippen molar-refractivity contribution in [1.82, 2.24) is 24.6 Å². The number of hydrogen-bond donors (Lipinski definition) is 0. The molecule has 0 N–H and O–H groups in total. The van der Waals surface area contributed by atoms with E-state index in [0.29, 0.717) is 5.92 Å². The molecule has 6 heteroatoms. The van der Waals surface area contributed by atoms with Gasteiger partial charge in [0.2, 0.25) is 0 Å². The summed E-state index contributed by atoms with van der Waals surface area (Å²) in [7, 11) is 3.66. The molecule has 1 atom stereocenters. The van der Waals surface area contributed by atoms with Crippen molar-refractivity contribution in [3.05, 3.63) is 60.3 Å². The van der Waals surface area contributed by atoms with Gasteiger partial charge in [0, 0.05) is 55.8 Å². The number of hydrogen-bond acceptors (Lipinski definition) is 5. The molecule has 0 spiro atoms. The quantitative estimate of drug-likeness (QED) is 0.696. The summed E-state index contributed by atoms with van der Waals surface area (Å²) in [6.07, 6.45) is 9.89. The van der Waals surface area contributed by atoms with Crippen molar-refractivity contribution in [1.29, 1.82) is 0 Å². The molecule has 6 nitrogen and oxygen atoms in total. The van der Waals surface area contributed by atoms with Crippen LogP contribution in [0.15, 0.2) is 49.1 Å². The van der Waals surface area contributed by atoms with Gasteiger partial charge in [0.1, 0.15) is 5.75 Å². The highest BCUT2D eigenvalue weighted by Gasteiger charge is 2.26. The number of piperidine rings is 1. The van der Waals surface area contributed by atoms with Gasteiger partial charge >= 0.3 is 0 Å². The number of rotatable bonds is 5. The van der Waals surface area contributed by atoms with Crippen LogP contribution in [0.3, 0.4) is 0 Å². The molecule has 4 rings (SSSR count). The minimum Gasteiger partial charge on any atom is -0.496 e. The van der Waals surface area contributed by atoms with E-state index in [1.807, 2.05) is 36.1 Å². The first-order chi connectivity index (χ1) is 13.2. The Morgan fingerprint density at radius 2 is 2.04 bits per heavy atom. The second kappa shape index (κ2) is 7.88. The molecule has 3 aromatic rings. The average molecular weight is 363 g/mol. The fourth-order valence-corrected chi connectivity index (χ4v) is 3.93. The van der Waals surface area contributed by atoms with E-state index in [9.17, 15) is 0 Å². The van der Waals surface area contributed by atoms with Crippen LogP contribution in [0.25, 0.3) is 11.3 Å². The van der Waals surface area contributed by atoms with Crippen molar-refractivity contribution in [2.45, 2.75) is 25.3 Å². The van der Waals surface area contributed by atoms with Crippen LogP contribution in [0, 0.1) is 0 Å². The Hall–Kier alpha value is -2.73. The number of ether oxygens (including phenoxy) is 1. The van der Waals surface area contributed by atoms with E-state index in [0.717, 1.165) is 55.2 Å². The number of para-hydroxylation sites is 1. The molecule has 1 saturated heterocycles. The summed E-state index contributed by atoms with van der Waals surface area (Å²) in [6.45, 7) is 3.01. The molecule has 0 saturated carbocycles. The summed E-state index contributed by atoms with van der Waals surface area (Å²) < 4.78 is 7.42. The van der Waals surface area contributed by atoms with E-state index >= 15 is 0 Å². The van der Waals surface area contributed by atoms with Crippen molar-refractivity contribution in [3.8, 4) is 17.0 Å². The Bertz CT molecular complexity index is 907. The SMILES string of the molecule is COc1ccccc1-c1nccnc1[C@@H]1CCCN(Cc2cnn(C)c2)C1. The molecule has 1 aliphatic heterocycles. The van der Waals surface area contributed by atoms with E-state index in [1.165, 1.54) is 5.56 Å². The molecule has 1 fully saturated rings. The minimum absolute atomic E-state index is 0.365. The molecule has 1 aromatic carbocycles. The van der Waals surface area contributed by atoms with Crippen molar-refractivity contribution in [2.75, 3.05) is 20.2 Å². The first kappa shape index (κ1) is 17.7. The second-order valence-corrected chi connectivity index (χ2v) is 7.09. The molecule has 27 heavy (non-hydrogen) atoms. The molecular formula is C21H25N5O. The van der Waals surface area contributed by atoms with Crippen LogP contribution in [0.4, 0.5) is 0 Å². The van der Waals surface area contributed by atoms with Gasteiger partial charge in [-0.15, -0.1) is 0 Å². The van der Waals surface area contributed by atoms with Gasteiger partial charge in [-0.1, -0.05) is 12.1 Å². The lowest BCUT2D eigenvalue weighted by Gasteiger charge is -2.32. The van der Waals surface area contributed by atoms with E-state index in [-0.39, 0.29) is 0 Å². The molecule has 140 valence electrons. The van der Waals surface area contributed by atoms with Gasteiger partial charge in [-0.05, 0) is 31.5 Å². The molecular weight excluding hydrogens is 338 g/mol. The topological polar surface area (TPSA) is 56.1 Å². The Labute approximate surface area is 159 Å². The lowest BCUT2D eigenvalue weighted by molar-refractivity contribution is 0.198. The first-order valence-electron chi connectivity index (χ1n) is 9.39. The number of aryl methyl sites for hydroxylation is 1. The van der Waals surface area contributed by atoms with Crippen molar-refractivity contribution in [2.24, 2.45) is 7.05 Å². The van der Waals surface area contributed by atoms with E-state index in [1.54, 1.807) is 19.5 Å². The Morgan fingerprint density at radius 1 is 1.19 bits per heavy atom. The van der Waals surface area contributed by atoms with Crippen LogP contribution in [0.5, 0.6) is 5.75 Å². The highest BCUT2D eigenvalue weighted by atomic mass is 16.5. The molecule has 3 heterocycles. The summed E-state index contributed by atoms with van der Waals surface area (Å²) in [4.78, 5) is 11.9. The third-order valence-electron chi connectivity index (χ3n) is 5.15. The maximum absolute atomic E-state index is 5.56. The van der Waals surface area contributed by atoms with Crippen LogP contribution in [-0.4, -0.2) is 44.8 Å². The normalized spacial score (nSPS) is 17.8. The number of likely N-dealkylation sites (tertiary alicyclic amines) is 1. The molecule has 0 radical (unpaired) electrons. The van der Waals surface area contributed by atoms with Gasteiger partial charge in [0.05, 0.1) is 24.7 Å². The fraction of sp³-hybridized carbons (Fsp3) is 0.381. The summed E-state index contributed by atoms with van der Waals surface area (Å²) in [6, 6.07) is 8.03. The minimum atomic E-state index is 0.365. The molecule has 0 unspecified atom stereocenters. The predicted octanol–water partition coefficient (Wildman–Crippen LogP) is 3.27. The number of benzene rings is 1. The van der Waals surface area contributed by atoms with Gasteiger partial charge in [0.25, 0.3) is 0 Å². The predicted molar refractivity (Wildman–Crippen MR) is 104 cm³/mol. The van der Waals surface area contributed by atoms with Gasteiger partial charge in [-0.25, -0.2) is 0 Å². The summed E-state index contributed by atoms with van der Waals surface area (Å²) in [5, 5.41) is 4.29. The van der Waals surface area contributed by atoms with Crippen LogP contribution in [0.1, 0.15) is 30.0 Å². The third kappa shape index (κ3) is 3.85. The lowest BCUT2D eigenvalue weighted by atomic mass is 9.91.